The van der Waals surface area contributed by atoms with Gasteiger partial charge in [-0.1, -0.05) is 0 Å². The van der Waals surface area contributed by atoms with Crippen molar-refractivity contribution >= 4 is 11.9 Å². The molecule has 0 aromatic carbocycles. The second-order valence-corrected chi connectivity index (χ2v) is 4.11. The highest BCUT2D eigenvalue weighted by molar-refractivity contribution is 6.02. The lowest BCUT2D eigenvalue weighted by Gasteiger charge is -2.32. The third-order valence-electron chi connectivity index (χ3n) is 3.23. The number of rotatable bonds is 2. The molecule has 2 aliphatic heterocycles. The standard InChI is InChI=1S/C10H16N2O3/c1-7(8-2-4-15-5-3-8)12-9(13)6-11-10(12)14/h7-8H,2-6H2,1H3,(H,11,14). The molecule has 1 unspecified atom stereocenters. The normalized spacial score (nSPS) is 25.5. The van der Waals surface area contributed by atoms with E-state index in [0.717, 1.165) is 26.1 Å². The van der Waals surface area contributed by atoms with E-state index in [4.69, 9.17) is 4.74 Å². The van der Waals surface area contributed by atoms with Crippen LogP contribution in [-0.4, -0.2) is 42.6 Å². The number of ether oxygens (including phenoxy) is 1. The van der Waals surface area contributed by atoms with Crippen molar-refractivity contribution in [1.82, 2.24) is 10.2 Å². The minimum atomic E-state index is -0.251. The van der Waals surface area contributed by atoms with Crippen molar-refractivity contribution in [3.63, 3.8) is 0 Å². The Morgan fingerprint density at radius 2 is 2.07 bits per heavy atom. The molecule has 2 fully saturated rings. The van der Waals surface area contributed by atoms with Crippen molar-refractivity contribution < 1.29 is 14.3 Å². The number of nitrogens with one attached hydrogen (secondary N) is 1. The first-order valence-electron chi connectivity index (χ1n) is 5.38. The van der Waals surface area contributed by atoms with Crippen LogP contribution in [0.5, 0.6) is 0 Å². The molecule has 3 amide bonds. The first kappa shape index (κ1) is 10.4. The van der Waals surface area contributed by atoms with E-state index in [9.17, 15) is 9.59 Å². The van der Waals surface area contributed by atoms with Crippen molar-refractivity contribution in [3.8, 4) is 0 Å². The van der Waals surface area contributed by atoms with Crippen LogP contribution >= 0.6 is 0 Å². The van der Waals surface area contributed by atoms with Gasteiger partial charge in [0.15, 0.2) is 0 Å². The van der Waals surface area contributed by atoms with E-state index in [0.29, 0.717) is 5.92 Å². The maximum atomic E-state index is 11.5. The lowest BCUT2D eigenvalue weighted by Crippen LogP contribution is -2.44. The summed E-state index contributed by atoms with van der Waals surface area (Å²) in [5.74, 6) is 0.269. The van der Waals surface area contributed by atoms with E-state index >= 15 is 0 Å². The van der Waals surface area contributed by atoms with Gasteiger partial charge in [-0.25, -0.2) is 4.79 Å². The minimum Gasteiger partial charge on any atom is -0.381 e. The highest BCUT2D eigenvalue weighted by Gasteiger charge is 2.36. The fraction of sp³-hybridized carbons (Fsp3) is 0.800. The Bertz CT molecular complexity index is 258. The molecule has 5 heteroatoms. The minimum absolute atomic E-state index is 0.0103. The van der Waals surface area contributed by atoms with E-state index in [1.807, 2.05) is 6.92 Å². The Balaban J connectivity index is 2.02. The van der Waals surface area contributed by atoms with Gasteiger partial charge < -0.3 is 10.1 Å². The largest absolute Gasteiger partial charge is 0.381 e. The molecular formula is C10H16N2O3. The molecule has 2 heterocycles. The van der Waals surface area contributed by atoms with Crippen LogP contribution in [0.2, 0.25) is 0 Å². The van der Waals surface area contributed by atoms with E-state index < -0.39 is 0 Å². The Kier molecular flexibility index (Phi) is 2.90. The van der Waals surface area contributed by atoms with Gasteiger partial charge in [-0.3, -0.25) is 9.69 Å². The monoisotopic (exact) mass is 212 g/mol. The molecule has 15 heavy (non-hydrogen) atoms. The molecule has 2 saturated heterocycles. The van der Waals surface area contributed by atoms with Gasteiger partial charge in [0.25, 0.3) is 0 Å². The van der Waals surface area contributed by atoms with Gasteiger partial charge in [0.1, 0.15) is 0 Å². The Morgan fingerprint density at radius 1 is 1.40 bits per heavy atom. The highest BCUT2D eigenvalue weighted by atomic mass is 16.5. The molecule has 2 aliphatic rings. The molecule has 0 radical (unpaired) electrons. The Morgan fingerprint density at radius 3 is 2.60 bits per heavy atom. The molecule has 2 rings (SSSR count). The predicted octanol–water partition coefficient (Wildman–Crippen LogP) is 0.353. The smallest absolute Gasteiger partial charge is 0.324 e. The Hall–Kier alpha value is -1.10. The first-order valence-corrected chi connectivity index (χ1v) is 5.38. The number of carbonyl (C=O) groups is 2. The molecule has 0 spiro atoms. The fourth-order valence-electron chi connectivity index (χ4n) is 2.26. The van der Waals surface area contributed by atoms with Crippen LogP contribution in [0.25, 0.3) is 0 Å². The lowest BCUT2D eigenvalue weighted by molar-refractivity contribution is -0.127. The summed E-state index contributed by atoms with van der Waals surface area (Å²) in [6.45, 7) is 3.56. The number of hydrogen-bond acceptors (Lipinski definition) is 3. The summed E-state index contributed by atoms with van der Waals surface area (Å²) in [5.41, 5.74) is 0. The van der Waals surface area contributed by atoms with E-state index in [1.165, 1.54) is 4.90 Å². The zero-order valence-electron chi connectivity index (χ0n) is 8.86. The summed E-state index contributed by atoms with van der Waals surface area (Å²) in [5, 5.41) is 2.55. The van der Waals surface area contributed by atoms with Crippen LogP contribution in [0.1, 0.15) is 19.8 Å². The molecule has 1 atom stereocenters. The molecule has 0 aromatic heterocycles. The molecular weight excluding hydrogens is 196 g/mol. The number of nitrogens with zero attached hydrogens (tertiary/aromatic N) is 1. The second-order valence-electron chi connectivity index (χ2n) is 4.11. The fourth-order valence-corrected chi connectivity index (χ4v) is 2.26. The van der Waals surface area contributed by atoms with Crippen LogP contribution in [0, 0.1) is 5.92 Å². The summed E-state index contributed by atoms with van der Waals surface area (Å²) in [6.07, 6.45) is 1.86. The molecule has 0 saturated carbocycles. The maximum absolute atomic E-state index is 11.5. The van der Waals surface area contributed by atoms with Crippen LogP contribution in [0.3, 0.4) is 0 Å². The quantitative estimate of drug-likeness (QED) is 0.672. The summed E-state index contributed by atoms with van der Waals surface area (Å²) in [4.78, 5) is 24.3. The van der Waals surface area contributed by atoms with Crippen LogP contribution in [-0.2, 0) is 9.53 Å². The summed E-state index contributed by atoms with van der Waals surface area (Å²) >= 11 is 0. The second kappa shape index (κ2) is 4.18. The van der Waals surface area contributed by atoms with Crippen LogP contribution in [0.4, 0.5) is 4.79 Å². The van der Waals surface area contributed by atoms with E-state index in [2.05, 4.69) is 5.32 Å². The third kappa shape index (κ3) is 1.97. The van der Waals surface area contributed by atoms with Crippen molar-refractivity contribution in [2.75, 3.05) is 19.8 Å². The van der Waals surface area contributed by atoms with E-state index in [-0.39, 0.29) is 24.5 Å². The first-order chi connectivity index (χ1) is 7.20. The average molecular weight is 212 g/mol. The molecule has 0 bridgehead atoms. The number of hydrogen-bond donors (Lipinski definition) is 1. The average Bonchev–Trinajstić information content (AvgIpc) is 2.59. The molecule has 0 aromatic rings. The lowest BCUT2D eigenvalue weighted by atomic mass is 9.92. The van der Waals surface area contributed by atoms with Crippen molar-refractivity contribution in [2.24, 2.45) is 5.92 Å². The zero-order chi connectivity index (χ0) is 10.8. The summed E-state index contributed by atoms with van der Waals surface area (Å²) in [7, 11) is 0. The van der Waals surface area contributed by atoms with Gasteiger partial charge in [0.2, 0.25) is 5.91 Å². The van der Waals surface area contributed by atoms with Crippen LogP contribution < -0.4 is 5.32 Å². The van der Waals surface area contributed by atoms with Crippen molar-refractivity contribution in [3.05, 3.63) is 0 Å². The number of carbonyl (C=O) groups excluding carboxylic acids is 2. The number of imide groups is 1. The maximum Gasteiger partial charge on any atom is 0.324 e. The molecule has 0 aliphatic carbocycles. The predicted molar refractivity (Wildman–Crippen MR) is 53.2 cm³/mol. The number of amides is 3. The SMILES string of the molecule is CC(C1CCOCC1)N1C(=O)CNC1=O. The summed E-state index contributed by atoms with van der Waals surface area (Å²) < 4.78 is 5.26. The van der Waals surface area contributed by atoms with Crippen LogP contribution in [0.15, 0.2) is 0 Å². The number of urea groups is 1. The highest BCUT2D eigenvalue weighted by Crippen LogP contribution is 2.23. The van der Waals surface area contributed by atoms with Crippen molar-refractivity contribution in [2.45, 2.75) is 25.8 Å². The molecule has 1 N–H and O–H groups in total. The topological polar surface area (TPSA) is 58.6 Å². The zero-order valence-corrected chi connectivity index (χ0v) is 8.86. The summed E-state index contributed by atoms with van der Waals surface area (Å²) in [6, 6.07) is -0.261. The van der Waals surface area contributed by atoms with Gasteiger partial charge in [0.05, 0.1) is 6.54 Å². The third-order valence-corrected chi connectivity index (χ3v) is 3.23. The van der Waals surface area contributed by atoms with Gasteiger partial charge in [0, 0.05) is 19.3 Å². The van der Waals surface area contributed by atoms with E-state index in [1.54, 1.807) is 0 Å². The van der Waals surface area contributed by atoms with Gasteiger partial charge in [-0.2, -0.15) is 0 Å². The van der Waals surface area contributed by atoms with Gasteiger partial charge in [-0.05, 0) is 25.7 Å². The van der Waals surface area contributed by atoms with Gasteiger partial charge >= 0.3 is 6.03 Å². The molecule has 84 valence electrons. The molecule has 5 nitrogen and oxygen atoms in total. The van der Waals surface area contributed by atoms with Gasteiger partial charge in [-0.15, -0.1) is 0 Å². The van der Waals surface area contributed by atoms with Crippen molar-refractivity contribution in [1.29, 1.82) is 0 Å². The Labute approximate surface area is 88.8 Å².